The molecule has 1 aliphatic heterocycles. The lowest BCUT2D eigenvalue weighted by molar-refractivity contribution is -0.121. The monoisotopic (exact) mass is 472 g/mol. The van der Waals surface area contributed by atoms with E-state index in [-0.39, 0.29) is 23.6 Å². The van der Waals surface area contributed by atoms with Crippen LogP contribution in [0.25, 0.3) is 0 Å². The van der Waals surface area contributed by atoms with E-state index in [0.29, 0.717) is 54.3 Å². The van der Waals surface area contributed by atoms with Crippen molar-refractivity contribution in [1.29, 1.82) is 0 Å². The predicted octanol–water partition coefficient (Wildman–Crippen LogP) is 4.14. The van der Waals surface area contributed by atoms with Gasteiger partial charge in [0.2, 0.25) is 5.91 Å². The number of rotatable bonds is 6. The molecule has 1 saturated heterocycles. The van der Waals surface area contributed by atoms with Crippen LogP contribution in [0.1, 0.15) is 39.1 Å². The number of carbonyl (C=O) groups is 3. The van der Waals surface area contributed by atoms with E-state index < -0.39 is 0 Å². The molecule has 180 valence electrons. The molecule has 0 spiro atoms. The standard InChI is InChI=1S/C27H28N4O4/c1-18-9-14-24(28-16-18)30-26(33)20-6-5-15-31(17-20)27(34)22-7-3-4-8-23(22)29-25(32)19-10-12-21(35-2)13-11-19/h3-4,7-14,16,20H,5-6,15,17H2,1-2H3,(H,29,32)(H,28,30,33). The molecule has 0 bridgehead atoms. The number of carbonyl (C=O) groups excluding carboxylic acids is 3. The molecular formula is C27H28N4O4. The first-order chi connectivity index (χ1) is 16.9. The second-order valence-corrected chi connectivity index (χ2v) is 8.53. The number of para-hydroxylation sites is 1. The van der Waals surface area contributed by atoms with Gasteiger partial charge in [-0.3, -0.25) is 14.4 Å². The molecule has 1 atom stereocenters. The molecule has 2 aromatic carbocycles. The smallest absolute Gasteiger partial charge is 0.255 e. The van der Waals surface area contributed by atoms with Crippen molar-refractivity contribution < 1.29 is 19.1 Å². The summed E-state index contributed by atoms with van der Waals surface area (Å²) in [5.41, 5.74) is 2.27. The number of aryl methyl sites for hydroxylation is 1. The minimum absolute atomic E-state index is 0.153. The maximum Gasteiger partial charge on any atom is 0.255 e. The Morgan fingerprint density at radius 2 is 1.77 bits per heavy atom. The number of hydrogen-bond donors (Lipinski definition) is 2. The fourth-order valence-corrected chi connectivity index (χ4v) is 4.03. The second-order valence-electron chi connectivity index (χ2n) is 8.53. The maximum atomic E-state index is 13.4. The van der Waals surface area contributed by atoms with Gasteiger partial charge in [-0.15, -0.1) is 0 Å². The number of anilines is 2. The number of benzene rings is 2. The van der Waals surface area contributed by atoms with Gasteiger partial charge in [0.25, 0.3) is 11.8 Å². The number of methoxy groups -OCH3 is 1. The van der Waals surface area contributed by atoms with E-state index in [2.05, 4.69) is 15.6 Å². The van der Waals surface area contributed by atoms with Crippen LogP contribution in [0.5, 0.6) is 5.75 Å². The summed E-state index contributed by atoms with van der Waals surface area (Å²) in [7, 11) is 1.56. The first-order valence-electron chi connectivity index (χ1n) is 11.5. The van der Waals surface area contributed by atoms with Crippen molar-refractivity contribution in [1.82, 2.24) is 9.88 Å². The van der Waals surface area contributed by atoms with Crippen molar-refractivity contribution in [2.75, 3.05) is 30.8 Å². The molecule has 1 aliphatic rings. The Balaban J connectivity index is 1.44. The van der Waals surface area contributed by atoms with E-state index in [4.69, 9.17) is 4.74 Å². The molecule has 2 heterocycles. The van der Waals surface area contributed by atoms with Crippen molar-refractivity contribution in [3.8, 4) is 5.75 Å². The minimum atomic E-state index is -0.336. The highest BCUT2D eigenvalue weighted by Gasteiger charge is 2.30. The van der Waals surface area contributed by atoms with Gasteiger partial charge >= 0.3 is 0 Å². The van der Waals surface area contributed by atoms with E-state index in [1.807, 2.05) is 13.0 Å². The fourth-order valence-electron chi connectivity index (χ4n) is 4.03. The molecule has 3 aromatic rings. The number of piperidine rings is 1. The van der Waals surface area contributed by atoms with E-state index in [1.165, 1.54) is 0 Å². The van der Waals surface area contributed by atoms with Crippen molar-refractivity contribution in [2.45, 2.75) is 19.8 Å². The molecule has 8 nitrogen and oxygen atoms in total. The molecule has 0 radical (unpaired) electrons. The normalized spacial score (nSPS) is 15.3. The fraction of sp³-hybridized carbons (Fsp3) is 0.259. The number of likely N-dealkylation sites (tertiary alicyclic amines) is 1. The van der Waals surface area contributed by atoms with Crippen molar-refractivity contribution >= 4 is 29.2 Å². The zero-order valence-electron chi connectivity index (χ0n) is 19.8. The van der Waals surface area contributed by atoms with Gasteiger partial charge in [-0.2, -0.15) is 0 Å². The first-order valence-corrected chi connectivity index (χ1v) is 11.5. The van der Waals surface area contributed by atoms with Crippen LogP contribution in [0.2, 0.25) is 0 Å². The highest BCUT2D eigenvalue weighted by Crippen LogP contribution is 2.24. The number of amides is 3. The summed E-state index contributed by atoms with van der Waals surface area (Å²) < 4.78 is 5.13. The van der Waals surface area contributed by atoms with Crippen LogP contribution in [-0.4, -0.2) is 47.8 Å². The second kappa shape index (κ2) is 10.8. The van der Waals surface area contributed by atoms with Crippen LogP contribution in [0.15, 0.2) is 66.9 Å². The molecule has 1 unspecified atom stereocenters. The van der Waals surface area contributed by atoms with Crippen LogP contribution in [0.3, 0.4) is 0 Å². The van der Waals surface area contributed by atoms with Gasteiger partial charge in [-0.05, 0) is 67.8 Å². The third-order valence-electron chi connectivity index (χ3n) is 6.00. The number of hydrogen-bond acceptors (Lipinski definition) is 5. The van der Waals surface area contributed by atoms with E-state index >= 15 is 0 Å². The minimum Gasteiger partial charge on any atom is -0.497 e. The van der Waals surface area contributed by atoms with Crippen LogP contribution < -0.4 is 15.4 Å². The molecular weight excluding hydrogens is 444 g/mol. The molecule has 35 heavy (non-hydrogen) atoms. The number of ether oxygens (including phenoxy) is 1. The first kappa shape index (κ1) is 23.9. The van der Waals surface area contributed by atoms with Gasteiger partial charge in [-0.1, -0.05) is 18.2 Å². The molecule has 2 N–H and O–H groups in total. The van der Waals surface area contributed by atoms with Crippen LogP contribution >= 0.6 is 0 Å². The van der Waals surface area contributed by atoms with Gasteiger partial charge in [0, 0.05) is 24.8 Å². The lowest BCUT2D eigenvalue weighted by atomic mass is 9.96. The number of nitrogens with zero attached hydrogens (tertiary/aromatic N) is 2. The highest BCUT2D eigenvalue weighted by molar-refractivity contribution is 6.09. The summed E-state index contributed by atoms with van der Waals surface area (Å²) >= 11 is 0. The molecule has 0 aliphatic carbocycles. The third kappa shape index (κ3) is 5.84. The Labute approximate surface area is 204 Å². The number of nitrogens with one attached hydrogen (secondary N) is 2. The molecule has 4 rings (SSSR count). The Kier molecular flexibility index (Phi) is 7.40. The zero-order valence-corrected chi connectivity index (χ0v) is 19.8. The summed E-state index contributed by atoms with van der Waals surface area (Å²) in [6.07, 6.45) is 3.10. The van der Waals surface area contributed by atoms with Crippen molar-refractivity contribution in [3.05, 3.63) is 83.6 Å². The Morgan fingerprint density at radius 3 is 2.49 bits per heavy atom. The van der Waals surface area contributed by atoms with E-state index in [0.717, 1.165) is 5.56 Å². The molecule has 3 amide bonds. The van der Waals surface area contributed by atoms with Crippen molar-refractivity contribution in [3.63, 3.8) is 0 Å². The highest BCUT2D eigenvalue weighted by atomic mass is 16.5. The maximum absolute atomic E-state index is 13.4. The zero-order chi connectivity index (χ0) is 24.8. The molecule has 1 aromatic heterocycles. The van der Waals surface area contributed by atoms with Gasteiger partial charge < -0.3 is 20.3 Å². The quantitative estimate of drug-likeness (QED) is 0.562. The molecule has 0 saturated carbocycles. The Hall–Kier alpha value is -4.20. The molecule has 8 heteroatoms. The largest absolute Gasteiger partial charge is 0.497 e. The SMILES string of the molecule is COc1ccc(C(=O)Nc2ccccc2C(=O)N2CCCC(C(=O)Nc3ccc(C)cn3)C2)cc1. The average Bonchev–Trinajstić information content (AvgIpc) is 2.90. The summed E-state index contributed by atoms with van der Waals surface area (Å²) in [6, 6.07) is 17.3. The van der Waals surface area contributed by atoms with Crippen molar-refractivity contribution in [2.24, 2.45) is 5.92 Å². The Morgan fingerprint density at radius 1 is 1.00 bits per heavy atom. The summed E-state index contributed by atoms with van der Waals surface area (Å²) in [5, 5.41) is 5.69. The van der Waals surface area contributed by atoms with Crippen LogP contribution in [0, 0.1) is 12.8 Å². The number of aromatic nitrogens is 1. The van der Waals surface area contributed by atoms with Crippen LogP contribution in [-0.2, 0) is 4.79 Å². The predicted molar refractivity (Wildman–Crippen MR) is 134 cm³/mol. The van der Waals surface area contributed by atoms with Gasteiger partial charge in [0.15, 0.2) is 0 Å². The lowest BCUT2D eigenvalue weighted by Crippen LogP contribution is -2.44. The summed E-state index contributed by atoms with van der Waals surface area (Å²) in [6.45, 7) is 2.78. The topological polar surface area (TPSA) is 101 Å². The van der Waals surface area contributed by atoms with Gasteiger partial charge in [0.05, 0.1) is 24.3 Å². The van der Waals surface area contributed by atoms with Gasteiger partial charge in [-0.25, -0.2) is 4.98 Å². The third-order valence-corrected chi connectivity index (χ3v) is 6.00. The summed E-state index contributed by atoms with van der Waals surface area (Å²) in [4.78, 5) is 44.9. The lowest BCUT2D eigenvalue weighted by Gasteiger charge is -2.32. The van der Waals surface area contributed by atoms with E-state index in [1.54, 1.807) is 72.8 Å². The van der Waals surface area contributed by atoms with Gasteiger partial charge in [0.1, 0.15) is 11.6 Å². The number of pyridine rings is 1. The van der Waals surface area contributed by atoms with Crippen LogP contribution in [0.4, 0.5) is 11.5 Å². The average molecular weight is 473 g/mol. The summed E-state index contributed by atoms with van der Waals surface area (Å²) in [5.74, 6) is 0.113. The Bertz CT molecular complexity index is 1210. The van der Waals surface area contributed by atoms with E-state index in [9.17, 15) is 14.4 Å². The molecule has 1 fully saturated rings.